The fraction of sp³-hybridized carbons (Fsp3) is 0.0909. The maximum absolute atomic E-state index is 10.1. The fourth-order valence-electron chi connectivity index (χ4n) is 1.09. The third kappa shape index (κ3) is 2.12. The lowest BCUT2D eigenvalue weighted by atomic mass is 10.3. The summed E-state index contributed by atoms with van der Waals surface area (Å²) in [7, 11) is 0. The number of hydrogen-bond donors (Lipinski definition) is 0. The standard InChI is InChI=1S/C11H8N2O/c1-2-5-13-9-10(4-3-6-14)7-11(13)8-12/h1,3-4,6-7,9H,5H2. The van der Waals surface area contributed by atoms with E-state index in [1.807, 2.05) is 6.07 Å². The van der Waals surface area contributed by atoms with Crippen molar-refractivity contribution in [3.05, 3.63) is 29.6 Å². The molecule has 1 aromatic heterocycles. The topological polar surface area (TPSA) is 45.8 Å². The Morgan fingerprint density at radius 3 is 3.00 bits per heavy atom. The molecule has 0 bridgehead atoms. The van der Waals surface area contributed by atoms with Gasteiger partial charge in [0, 0.05) is 6.20 Å². The molecule has 1 rings (SSSR count). The number of nitrogens with zero attached hydrogens (tertiary/aromatic N) is 2. The summed E-state index contributed by atoms with van der Waals surface area (Å²) >= 11 is 0. The molecule has 0 saturated carbocycles. The summed E-state index contributed by atoms with van der Waals surface area (Å²) in [4.78, 5) is 10.1. The molecule has 0 radical (unpaired) electrons. The smallest absolute Gasteiger partial charge is 0.142 e. The minimum atomic E-state index is 0.359. The number of hydrogen-bond acceptors (Lipinski definition) is 2. The molecule has 3 nitrogen and oxygen atoms in total. The van der Waals surface area contributed by atoms with Crippen LogP contribution in [0.15, 0.2) is 18.3 Å². The van der Waals surface area contributed by atoms with Crippen molar-refractivity contribution >= 4 is 12.4 Å². The monoisotopic (exact) mass is 184 g/mol. The second-order valence-corrected chi connectivity index (χ2v) is 2.60. The largest absolute Gasteiger partial charge is 0.327 e. The van der Waals surface area contributed by atoms with Crippen molar-refractivity contribution in [3.8, 4) is 18.4 Å². The Morgan fingerprint density at radius 1 is 1.64 bits per heavy atom. The van der Waals surface area contributed by atoms with Crippen LogP contribution in [0.25, 0.3) is 6.08 Å². The highest BCUT2D eigenvalue weighted by Gasteiger charge is 2.01. The highest BCUT2D eigenvalue weighted by atomic mass is 16.1. The van der Waals surface area contributed by atoms with Crippen molar-refractivity contribution in [3.63, 3.8) is 0 Å². The molecule has 0 aliphatic rings. The van der Waals surface area contributed by atoms with Crippen molar-refractivity contribution in [1.82, 2.24) is 4.57 Å². The Kier molecular flexibility index (Phi) is 3.29. The van der Waals surface area contributed by atoms with Gasteiger partial charge < -0.3 is 4.57 Å². The molecule has 14 heavy (non-hydrogen) atoms. The molecule has 0 N–H and O–H groups in total. The Labute approximate surface area is 82.3 Å². The second kappa shape index (κ2) is 4.69. The molecule has 0 spiro atoms. The van der Waals surface area contributed by atoms with Gasteiger partial charge in [-0.2, -0.15) is 5.26 Å². The summed E-state index contributed by atoms with van der Waals surface area (Å²) in [5.41, 5.74) is 1.29. The van der Waals surface area contributed by atoms with E-state index in [2.05, 4.69) is 5.92 Å². The Bertz CT molecular complexity index is 441. The Morgan fingerprint density at radius 2 is 2.43 bits per heavy atom. The molecule has 0 aromatic carbocycles. The highest BCUT2D eigenvalue weighted by Crippen LogP contribution is 2.09. The average Bonchev–Trinajstić information content (AvgIpc) is 2.58. The first kappa shape index (κ1) is 9.83. The van der Waals surface area contributed by atoms with Gasteiger partial charge in [-0.3, -0.25) is 4.79 Å². The van der Waals surface area contributed by atoms with Crippen LogP contribution in [-0.4, -0.2) is 10.9 Å². The number of rotatable bonds is 3. The van der Waals surface area contributed by atoms with Crippen molar-refractivity contribution in [1.29, 1.82) is 5.26 Å². The number of aldehydes is 1. The average molecular weight is 184 g/mol. The van der Waals surface area contributed by atoms with Gasteiger partial charge in [-0.1, -0.05) is 12.0 Å². The predicted molar refractivity (Wildman–Crippen MR) is 53.1 cm³/mol. The zero-order valence-electron chi connectivity index (χ0n) is 7.47. The number of aromatic nitrogens is 1. The van der Waals surface area contributed by atoms with Gasteiger partial charge in [-0.05, 0) is 17.7 Å². The van der Waals surface area contributed by atoms with Gasteiger partial charge in [0.15, 0.2) is 0 Å². The summed E-state index contributed by atoms with van der Waals surface area (Å²) < 4.78 is 1.66. The van der Waals surface area contributed by atoms with Crippen LogP contribution in [0, 0.1) is 23.7 Å². The van der Waals surface area contributed by atoms with Crippen LogP contribution in [-0.2, 0) is 11.3 Å². The lowest BCUT2D eigenvalue weighted by Gasteiger charge is -1.95. The van der Waals surface area contributed by atoms with Gasteiger partial charge in [0.1, 0.15) is 18.0 Å². The van der Waals surface area contributed by atoms with Crippen LogP contribution < -0.4 is 0 Å². The highest BCUT2D eigenvalue weighted by molar-refractivity contribution is 5.73. The first-order valence-corrected chi connectivity index (χ1v) is 3.97. The van der Waals surface area contributed by atoms with E-state index < -0.39 is 0 Å². The summed E-state index contributed by atoms with van der Waals surface area (Å²) in [6, 6.07) is 3.70. The van der Waals surface area contributed by atoms with Crippen LogP contribution >= 0.6 is 0 Å². The van der Waals surface area contributed by atoms with Crippen LogP contribution in [0.4, 0.5) is 0 Å². The number of carbonyl (C=O) groups is 1. The summed E-state index contributed by atoms with van der Waals surface area (Å²) in [5.74, 6) is 2.45. The van der Waals surface area contributed by atoms with Crippen molar-refractivity contribution in [2.24, 2.45) is 0 Å². The predicted octanol–water partition coefficient (Wildman–Crippen LogP) is 1.21. The molecule has 0 amide bonds. The molecule has 68 valence electrons. The quantitative estimate of drug-likeness (QED) is 0.402. The van der Waals surface area contributed by atoms with E-state index in [9.17, 15) is 4.79 Å². The van der Waals surface area contributed by atoms with Gasteiger partial charge in [0.05, 0.1) is 6.54 Å². The summed E-state index contributed by atoms with van der Waals surface area (Å²) in [5, 5.41) is 8.75. The van der Waals surface area contributed by atoms with Gasteiger partial charge in [-0.15, -0.1) is 6.42 Å². The van der Waals surface area contributed by atoms with Gasteiger partial charge >= 0.3 is 0 Å². The maximum Gasteiger partial charge on any atom is 0.142 e. The van der Waals surface area contributed by atoms with E-state index in [4.69, 9.17) is 11.7 Å². The van der Waals surface area contributed by atoms with Crippen LogP contribution in [0.5, 0.6) is 0 Å². The van der Waals surface area contributed by atoms with E-state index in [0.29, 0.717) is 18.5 Å². The van der Waals surface area contributed by atoms with Crippen molar-refractivity contribution in [2.75, 3.05) is 0 Å². The molecule has 3 heteroatoms. The molecular weight excluding hydrogens is 176 g/mol. The number of nitriles is 1. The molecular formula is C11H8N2O. The zero-order chi connectivity index (χ0) is 10.4. The van der Waals surface area contributed by atoms with Crippen LogP contribution in [0.1, 0.15) is 11.3 Å². The molecule has 0 atom stereocenters. The Hall–Kier alpha value is -2.26. The molecule has 0 aliphatic carbocycles. The third-order valence-electron chi connectivity index (χ3n) is 1.66. The summed E-state index contributed by atoms with van der Waals surface area (Å²) in [6.07, 6.45) is 10.6. The lowest BCUT2D eigenvalue weighted by molar-refractivity contribution is -0.104. The molecule has 1 aromatic rings. The molecule has 0 unspecified atom stereocenters. The normalized spacial score (nSPS) is 9.57. The van der Waals surface area contributed by atoms with Gasteiger partial charge in [0.2, 0.25) is 0 Å². The van der Waals surface area contributed by atoms with E-state index in [1.54, 1.807) is 22.9 Å². The first-order valence-electron chi connectivity index (χ1n) is 3.97. The van der Waals surface area contributed by atoms with E-state index in [0.717, 1.165) is 5.56 Å². The number of carbonyl (C=O) groups excluding carboxylic acids is 1. The molecule has 1 heterocycles. The van der Waals surface area contributed by atoms with Gasteiger partial charge in [0.25, 0.3) is 0 Å². The molecule has 0 fully saturated rings. The van der Waals surface area contributed by atoms with Crippen LogP contribution in [0.2, 0.25) is 0 Å². The third-order valence-corrected chi connectivity index (χ3v) is 1.66. The SMILES string of the molecule is C#CCn1cc(C=CC=O)cc1C#N. The van der Waals surface area contributed by atoms with Gasteiger partial charge in [-0.25, -0.2) is 0 Å². The van der Waals surface area contributed by atoms with Crippen LogP contribution in [0.3, 0.4) is 0 Å². The molecule has 0 aliphatic heterocycles. The van der Waals surface area contributed by atoms with Crippen molar-refractivity contribution in [2.45, 2.75) is 6.54 Å². The minimum Gasteiger partial charge on any atom is -0.327 e. The zero-order valence-corrected chi connectivity index (χ0v) is 7.47. The fourth-order valence-corrected chi connectivity index (χ4v) is 1.09. The molecule has 0 saturated heterocycles. The lowest BCUT2D eigenvalue weighted by Crippen LogP contribution is -1.95. The Balaban J connectivity index is 3.02. The van der Waals surface area contributed by atoms with E-state index in [-0.39, 0.29) is 0 Å². The number of allylic oxidation sites excluding steroid dienone is 1. The second-order valence-electron chi connectivity index (χ2n) is 2.60. The minimum absolute atomic E-state index is 0.359. The van der Waals surface area contributed by atoms with Crippen molar-refractivity contribution < 1.29 is 4.79 Å². The summed E-state index contributed by atoms with van der Waals surface area (Å²) in [6.45, 7) is 0.359. The number of terminal acetylenes is 1. The van der Waals surface area contributed by atoms with E-state index in [1.165, 1.54) is 6.08 Å². The first-order chi connectivity index (χ1) is 6.81. The van der Waals surface area contributed by atoms with E-state index >= 15 is 0 Å². The maximum atomic E-state index is 10.1.